The van der Waals surface area contributed by atoms with Gasteiger partial charge in [0.15, 0.2) is 0 Å². The molecule has 1 aliphatic heterocycles. The summed E-state index contributed by atoms with van der Waals surface area (Å²) in [5.41, 5.74) is 14.4. The van der Waals surface area contributed by atoms with Gasteiger partial charge in [-0.1, -0.05) is 41.5 Å². The Hall–Kier alpha value is -0.685. The first-order valence-corrected chi connectivity index (χ1v) is 21.1. The molecule has 11 nitrogen and oxygen atoms in total. The molecule has 3 N–H and O–H groups in total. The average Bonchev–Trinajstić information content (AvgIpc) is 3.86. The Kier molecular flexibility index (Phi) is 48.2. The SMILES string of the molecule is C#CC1CCC(C(=O)O)CC1.C1CCOC1.CCP(CC)CC.CCP(CC)CC.O=C(O)C1CCC(c2[c-]nn[nH]2)CC1.[Au+].[Au+].[B].[N-]=[N+]=[N-]. The molecule has 1 aromatic rings. The molecule has 293 valence electrons. The molecule has 3 radical (unpaired) electrons. The molecule has 0 spiro atoms. The van der Waals surface area contributed by atoms with Crippen LogP contribution in [-0.2, 0) is 59.1 Å². The average molecular weight is 1100 g/mol. The number of terminal acetylenes is 1. The summed E-state index contributed by atoms with van der Waals surface area (Å²) >= 11 is 0. The van der Waals surface area contributed by atoms with Crippen LogP contribution in [0.3, 0.4) is 0 Å². The van der Waals surface area contributed by atoms with Crippen LogP contribution in [0.5, 0.6) is 0 Å². The Labute approximate surface area is 338 Å². The van der Waals surface area contributed by atoms with Gasteiger partial charge in [0.25, 0.3) is 0 Å². The monoisotopic (exact) mass is 1100 g/mol. The van der Waals surface area contributed by atoms with Gasteiger partial charge in [-0.05, 0) is 107 Å². The molecule has 0 atom stereocenters. The number of rotatable bonds is 9. The van der Waals surface area contributed by atoms with Crippen LogP contribution in [0.2, 0.25) is 0 Å². The first-order valence-electron chi connectivity index (χ1n) is 17.3. The van der Waals surface area contributed by atoms with Crippen LogP contribution in [-0.4, -0.2) is 96.2 Å². The Morgan fingerprint density at radius 1 is 0.820 bits per heavy atom. The summed E-state index contributed by atoms with van der Waals surface area (Å²) in [6.07, 6.45) is 25.6. The second-order valence-corrected chi connectivity index (χ2v) is 17.9. The van der Waals surface area contributed by atoms with Crippen molar-refractivity contribution in [2.45, 2.75) is 112 Å². The van der Waals surface area contributed by atoms with E-state index in [1.807, 2.05) is 0 Å². The maximum atomic E-state index is 10.7. The number of aromatic amines is 1. The third-order valence-electron chi connectivity index (χ3n) is 8.70. The number of carbonyl (C=O) groups is 2. The number of aromatic nitrogens is 3. The van der Waals surface area contributed by atoms with E-state index >= 15 is 0 Å². The number of ether oxygens (including phenoxy) is 1. The zero-order valence-corrected chi connectivity index (χ0v) is 37.2. The molecule has 0 aromatic carbocycles. The predicted molar refractivity (Wildman–Crippen MR) is 202 cm³/mol. The fourth-order valence-corrected chi connectivity index (χ4v) is 8.04. The van der Waals surface area contributed by atoms with E-state index in [9.17, 15) is 9.59 Å². The fourth-order valence-electron chi connectivity index (χ4n) is 5.35. The van der Waals surface area contributed by atoms with Gasteiger partial charge in [0.2, 0.25) is 0 Å². The quantitative estimate of drug-likeness (QED) is 0.0420. The van der Waals surface area contributed by atoms with Crippen molar-refractivity contribution in [1.82, 2.24) is 15.4 Å². The molecule has 2 aliphatic carbocycles. The predicted octanol–water partition coefficient (Wildman–Crippen LogP) is 8.81. The summed E-state index contributed by atoms with van der Waals surface area (Å²) in [5.74, 6) is 1.72. The van der Waals surface area contributed by atoms with Crippen molar-refractivity contribution in [2.24, 2.45) is 17.8 Å². The molecule has 4 rings (SSSR count). The minimum atomic E-state index is -0.671. The third-order valence-corrected chi connectivity index (χ3v) is 14.1. The van der Waals surface area contributed by atoms with Gasteiger partial charge in [-0.25, -0.2) is 0 Å². The molecule has 0 bridgehead atoms. The second kappa shape index (κ2) is 41.1. The van der Waals surface area contributed by atoms with E-state index in [0.29, 0.717) is 27.7 Å². The van der Waals surface area contributed by atoms with Gasteiger partial charge in [-0.2, -0.15) is 0 Å². The minimum absolute atomic E-state index is 0. The van der Waals surface area contributed by atoms with Crippen LogP contribution in [0, 0.1) is 36.3 Å². The molecule has 0 unspecified atom stereocenters. The topological polar surface area (TPSA) is 184 Å². The van der Waals surface area contributed by atoms with Gasteiger partial charge >= 0.3 is 56.7 Å². The van der Waals surface area contributed by atoms with Crippen molar-refractivity contribution < 1.29 is 69.3 Å². The van der Waals surface area contributed by atoms with Crippen molar-refractivity contribution >= 4 is 36.2 Å². The fraction of sp³-hybridized carbons (Fsp3) is 0.824. The van der Waals surface area contributed by atoms with Crippen LogP contribution in [0.25, 0.3) is 16.0 Å². The zero-order valence-electron chi connectivity index (χ0n) is 31.0. The van der Waals surface area contributed by atoms with Crippen molar-refractivity contribution in [2.75, 3.05) is 50.2 Å². The van der Waals surface area contributed by atoms with Crippen molar-refractivity contribution in [3.63, 3.8) is 0 Å². The van der Waals surface area contributed by atoms with Gasteiger partial charge in [-0.3, -0.25) is 19.6 Å². The Morgan fingerprint density at radius 3 is 1.40 bits per heavy atom. The molecule has 1 saturated heterocycles. The van der Waals surface area contributed by atoms with Gasteiger partial charge < -0.3 is 37.3 Å². The molecule has 2 saturated carbocycles. The molecule has 3 aliphatic rings. The first kappa shape index (κ1) is 58.6. The number of nitrogens with one attached hydrogen (secondary N) is 1. The van der Waals surface area contributed by atoms with Crippen LogP contribution >= 0.6 is 15.8 Å². The van der Waals surface area contributed by atoms with E-state index in [2.05, 4.69) is 69.1 Å². The van der Waals surface area contributed by atoms with Crippen LogP contribution in [0.15, 0.2) is 0 Å². The number of hydrogen-bond donors (Lipinski definition) is 3. The number of carboxylic acids is 2. The largest absolute Gasteiger partial charge is 1.00 e. The molecule has 1 aromatic heterocycles. The van der Waals surface area contributed by atoms with E-state index in [-0.39, 0.29) is 65.0 Å². The zero-order chi connectivity index (χ0) is 35.9. The van der Waals surface area contributed by atoms with E-state index < -0.39 is 11.9 Å². The van der Waals surface area contributed by atoms with Crippen LogP contribution in [0.4, 0.5) is 0 Å². The first-order chi connectivity index (χ1) is 22.6. The Bertz CT molecular complexity index is 933. The van der Waals surface area contributed by atoms with Gasteiger partial charge in [0.05, 0.1) is 11.8 Å². The van der Waals surface area contributed by atoms with E-state index in [0.717, 1.165) is 70.3 Å². The van der Waals surface area contributed by atoms with Crippen LogP contribution < -0.4 is 0 Å². The standard InChI is InChI=1S/C9H12N3O2.C9H12O2.2C6H15P.C4H8O.2Au.B.N3/c13-9(14)7-3-1-6(2-4-7)8-5-10-12-11-8;1-2-7-3-5-8(6-4-7)9(10)11;2*1-4-7(5-2)6-3;1-2-4-5-3-1;;;;1-3-2/h6-7H,1-4H2,(H,13,14)(H,10,11,12);1,7-8H,3-6H2,(H,10,11);2*4-6H2,1-3H3;1-4H2;;;;/q-1;;;;;2*+1;;-1. The van der Waals surface area contributed by atoms with Crippen LogP contribution in [0.1, 0.15) is 117 Å². The number of H-pyrrole nitrogens is 1. The van der Waals surface area contributed by atoms with Crippen molar-refractivity contribution in [3.8, 4) is 12.3 Å². The summed E-state index contributed by atoms with van der Waals surface area (Å²) < 4.78 is 4.94. The summed E-state index contributed by atoms with van der Waals surface area (Å²) in [5, 5.41) is 27.5. The smallest absolute Gasteiger partial charge is 0.481 e. The Balaban J connectivity index is -0.000000170. The maximum absolute atomic E-state index is 10.7. The van der Waals surface area contributed by atoms with E-state index in [4.69, 9.17) is 32.4 Å². The molecule has 16 heteroatoms. The molecule has 3 fully saturated rings. The molecular weight excluding hydrogens is 1040 g/mol. The van der Waals surface area contributed by atoms with Gasteiger partial charge in [0.1, 0.15) is 0 Å². The summed E-state index contributed by atoms with van der Waals surface area (Å²) in [4.78, 5) is 22.7. The molecule has 0 amide bonds. The van der Waals surface area contributed by atoms with E-state index in [1.54, 1.807) is 0 Å². The molecule has 50 heavy (non-hydrogen) atoms. The van der Waals surface area contributed by atoms with Gasteiger partial charge in [0, 0.05) is 27.5 Å². The summed E-state index contributed by atoms with van der Waals surface area (Å²) in [6.45, 7) is 15.7. The number of nitrogens with zero attached hydrogens (tertiary/aromatic N) is 5. The third kappa shape index (κ3) is 30.9. The van der Waals surface area contributed by atoms with E-state index in [1.165, 1.54) is 54.7 Å². The van der Waals surface area contributed by atoms with Crippen molar-refractivity contribution in [3.05, 3.63) is 27.9 Å². The molecular formula is C34H62Au2BN6O5P2. The maximum Gasteiger partial charge on any atom is 1.00 e. The number of hydrogen-bond acceptors (Lipinski definition) is 5. The number of carboxylic acid groups (broad SMARTS) is 2. The Morgan fingerprint density at radius 2 is 1.18 bits per heavy atom. The van der Waals surface area contributed by atoms with Gasteiger partial charge in [-0.15, -0.1) is 39.1 Å². The summed E-state index contributed by atoms with van der Waals surface area (Å²) in [6, 6.07) is 0. The normalized spacial score (nSPS) is 19.9. The van der Waals surface area contributed by atoms with Crippen molar-refractivity contribution in [1.29, 1.82) is 0 Å². The second-order valence-electron chi connectivity index (χ2n) is 11.4. The molecule has 2 heterocycles. The number of aliphatic carboxylic acids is 2. The minimum Gasteiger partial charge on any atom is -0.481 e. The summed E-state index contributed by atoms with van der Waals surface area (Å²) in [7, 11) is 0.892.